The van der Waals surface area contributed by atoms with E-state index in [0.717, 1.165) is 5.03 Å². The van der Waals surface area contributed by atoms with E-state index in [4.69, 9.17) is 11.0 Å². The van der Waals surface area contributed by atoms with Gasteiger partial charge in [0.15, 0.2) is 11.6 Å². The zero-order chi connectivity index (χ0) is 11.7. The van der Waals surface area contributed by atoms with Crippen LogP contribution in [0.2, 0.25) is 0 Å². The molecule has 0 atom stereocenters. The summed E-state index contributed by atoms with van der Waals surface area (Å²) >= 11 is 1.59. The third kappa shape index (κ3) is 1.63. The van der Waals surface area contributed by atoms with Crippen molar-refractivity contribution in [3.63, 3.8) is 0 Å². The summed E-state index contributed by atoms with van der Waals surface area (Å²) in [5, 5.41) is 18.1. The highest BCUT2D eigenvalue weighted by Gasteiger charge is 2.10. The van der Waals surface area contributed by atoms with Crippen molar-refractivity contribution in [3.8, 4) is 11.9 Å². The largest absolute Gasteiger partial charge is 0.381 e. The van der Waals surface area contributed by atoms with Gasteiger partial charge in [-0.25, -0.2) is 4.68 Å². The summed E-state index contributed by atoms with van der Waals surface area (Å²) in [4.78, 5) is 0. The van der Waals surface area contributed by atoms with E-state index >= 15 is 0 Å². The van der Waals surface area contributed by atoms with Crippen LogP contribution in [-0.2, 0) is 7.05 Å². The quantitative estimate of drug-likeness (QED) is 0.776. The molecule has 0 unspecified atom stereocenters. The maximum Gasteiger partial charge on any atom is 0.176 e. The lowest BCUT2D eigenvalue weighted by molar-refractivity contribution is 0.683. The molecule has 0 aromatic carbocycles. The predicted octanol–water partition coefficient (Wildman–Crippen LogP) is 0.782. The summed E-state index contributed by atoms with van der Waals surface area (Å²) in [6.07, 6.45) is 3.54. The summed E-state index contributed by atoms with van der Waals surface area (Å²) in [6, 6.07) is 3.86. The number of anilines is 1. The van der Waals surface area contributed by atoms with Gasteiger partial charge in [0, 0.05) is 13.1 Å². The van der Waals surface area contributed by atoms with Crippen LogP contribution in [0.1, 0.15) is 5.56 Å². The number of thioether (sulfide) groups is 1. The third-order valence-electron chi connectivity index (χ3n) is 2.13. The molecule has 7 heteroatoms. The molecule has 2 N–H and O–H groups in total. The molecule has 0 aliphatic carbocycles. The second kappa shape index (κ2) is 3.90. The van der Waals surface area contributed by atoms with E-state index in [1.54, 1.807) is 22.6 Å². The van der Waals surface area contributed by atoms with Crippen molar-refractivity contribution >= 4 is 17.6 Å². The molecule has 16 heavy (non-hydrogen) atoms. The van der Waals surface area contributed by atoms with Gasteiger partial charge < -0.3 is 5.73 Å². The first-order valence-corrected chi connectivity index (χ1v) is 5.72. The normalized spacial score (nSPS) is 10.3. The number of nitrogens with zero attached hydrogens (tertiary/aromatic N) is 5. The first-order valence-electron chi connectivity index (χ1n) is 4.49. The second-order valence-electron chi connectivity index (χ2n) is 3.15. The first kappa shape index (κ1) is 10.6. The van der Waals surface area contributed by atoms with E-state index in [1.807, 2.05) is 25.4 Å². The van der Waals surface area contributed by atoms with Gasteiger partial charge in [-0.1, -0.05) is 0 Å². The van der Waals surface area contributed by atoms with Crippen molar-refractivity contribution in [3.05, 3.63) is 17.8 Å². The lowest BCUT2D eigenvalue weighted by atomic mass is 10.4. The van der Waals surface area contributed by atoms with Crippen molar-refractivity contribution in [2.24, 2.45) is 7.05 Å². The van der Waals surface area contributed by atoms with Crippen molar-refractivity contribution < 1.29 is 0 Å². The highest BCUT2D eigenvalue weighted by molar-refractivity contribution is 7.98. The van der Waals surface area contributed by atoms with Crippen molar-refractivity contribution in [1.29, 1.82) is 5.26 Å². The maximum atomic E-state index is 8.77. The Labute approximate surface area is 96.7 Å². The van der Waals surface area contributed by atoms with Crippen molar-refractivity contribution in [2.45, 2.75) is 5.03 Å². The van der Waals surface area contributed by atoms with Gasteiger partial charge in [-0.3, -0.25) is 4.68 Å². The molecule has 2 aromatic rings. The number of hydrogen-bond donors (Lipinski definition) is 1. The molecule has 0 amide bonds. The van der Waals surface area contributed by atoms with E-state index in [0.29, 0.717) is 11.4 Å². The number of nitrogens with two attached hydrogens (primary N) is 1. The number of aryl methyl sites for hydroxylation is 1. The molecular formula is C9H10N6S. The fraction of sp³-hybridized carbons (Fsp3) is 0.222. The van der Waals surface area contributed by atoms with E-state index in [2.05, 4.69) is 10.2 Å². The fourth-order valence-electron chi connectivity index (χ4n) is 1.33. The molecule has 2 aromatic heterocycles. The summed E-state index contributed by atoms with van der Waals surface area (Å²) in [5.41, 5.74) is 5.93. The van der Waals surface area contributed by atoms with E-state index in [1.165, 1.54) is 4.68 Å². The van der Waals surface area contributed by atoms with Crippen LogP contribution in [0, 0.1) is 11.3 Å². The summed E-state index contributed by atoms with van der Waals surface area (Å²) in [5.74, 6) is 0.874. The molecule has 0 radical (unpaired) electrons. The highest BCUT2D eigenvalue weighted by Crippen LogP contribution is 2.18. The first-order chi connectivity index (χ1) is 7.65. The zero-order valence-corrected chi connectivity index (χ0v) is 9.69. The number of nitriles is 1. The smallest absolute Gasteiger partial charge is 0.176 e. The molecule has 82 valence electrons. The molecule has 0 aliphatic heterocycles. The Hall–Kier alpha value is -1.94. The van der Waals surface area contributed by atoms with Gasteiger partial charge in [-0.2, -0.15) is 10.4 Å². The molecule has 2 heterocycles. The molecule has 6 nitrogen and oxygen atoms in total. The molecule has 0 bridgehead atoms. The van der Waals surface area contributed by atoms with Crippen LogP contribution >= 0.6 is 11.8 Å². The van der Waals surface area contributed by atoms with Crippen LogP contribution in [0.15, 0.2) is 17.3 Å². The minimum Gasteiger partial charge on any atom is -0.381 e. The van der Waals surface area contributed by atoms with Crippen LogP contribution in [0.5, 0.6) is 0 Å². The average molecular weight is 234 g/mol. The van der Waals surface area contributed by atoms with Gasteiger partial charge in [-0.05, 0) is 6.26 Å². The van der Waals surface area contributed by atoms with E-state index < -0.39 is 0 Å². The molecule has 0 saturated carbocycles. The lowest BCUT2D eigenvalue weighted by Crippen LogP contribution is -1.98. The fourth-order valence-corrected chi connectivity index (χ4v) is 1.86. The summed E-state index contributed by atoms with van der Waals surface area (Å²) < 4.78 is 3.26. The standard InChI is InChI=1S/C9H10N6S/c1-14-8(16-2)3-7(12-14)15-5-6(4-10)9(11)13-15/h3,5H,1-2H3,(H2,11,13). The monoisotopic (exact) mass is 234 g/mol. The summed E-state index contributed by atoms with van der Waals surface area (Å²) in [7, 11) is 1.85. The Morgan fingerprint density at radius 2 is 2.25 bits per heavy atom. The van der Waals surface area contributed by atoms with Gasteiger partial charge in [0.1, 0.15) is 11.6 Å². The van der Waals surface area contributed by atoms with Crippen LogP contribution < -0.4 is 5.73 Å². The molecule has 0 saturated heterocycles. The lowest BCUT2D eigenvalue weighted by Gasteiger charge is -1.93. The Kier molecular flexibility index (Phi) is 2.58. The molecule has 0 spiro atoms. The maximum absolute atomic E-state index is 8.77. The topological polar surface area (TPSA) is 85.4 Å². The van der Waals surface area contributed by atoms with Gasteiger partial charge >= 0.3 is 0 Å². The Morgan fingerprint density at radius 1 is 1.50 bits per heavy atom. The average Bonchev–Trinajstić information content (AvgIpc) is 2.81. The number of rotatable bonds is 2. The van der Waals surface area contributed by atoms with Crippen molar-refractivity contribution in [1.82, 2.24) is 19.6 Å². The van der Waals surface area contributed by atoms with Crippen LogP contribution in [-0.4, -0.2) is 25.8 Å². The van der Waals surface area contributed by atoms with Crippen LogP contribution in [0.25, 0.3) is 5.82 Å². The SMILES string of the molecule is CSc1cc(-n2cc(C#N)c(N)n2)nn1C. The van der Waals surface area contributed by atoms with Crippen LogP contribution in [0.4, 0.5) is 5.82 Å². The molecule has 0 aliphatic rings. The Morgan fingerprint density at radius 3 is 2.75 bits per heavy atom. The third-order valence-corrected chi connectivity index (χ3v) is 2.93. The highest BCUT2D eigenvalue weighted by atomic mass is 32.2. The van der Waals surface area contributed by atoms with E-state index in [9.17, 15) is 0 Å². The minimum atomic E-state index is 0.221. The number of aromatic nitrogens is 4. The number of nitrogen functional groups attached to an aromatic ring is 1. The van der Waals surface area contributed by atoms with Gasteiger partial charge in [-0.15, -0.1) is 16.9 Å². The van der Waals surface area contributed by atoms with Gasteiger partial charge in [0.05, 0.1) is 11.2 Å². The van der Waals surface area contributed by atoms with Crippen molar-refractivity contribution in [2.75, 3.05) is 12.0 Å². The zero-order valence-electron chi connectivity index (χ0n) is 8.88. The molecule has 2 rings (SSSR count). The number of hydrogen-bond acceptors (Lipinski definition) is 5. The predicted molar refractivity (Wildman–Crippen MR) is 61.2 cm³/mol. The van der Waals surface area contributed by atoms with Gasteiger partial charge in [0.25, 0.3) is 0 Å². The Balaban J connectivity index is 2.47. The van der Waals surface area contributed by atoms with E-state index in [-0.39, 0.29) is 5.82 Å². The Bertz CT molecular complexity index is 561. The summed E-state index contributed by atoms with van der Waals surface area (Å²) in [6.45, 7) is 0. The molecule has 0 fully saturated rings. The minimum absolute atomic E-state index is 0.221. The second-order valence-corrected chi connectivity index (χ2v) is 3.98. The molecular weight excluding hydrogens is 224 g/mol. The van der Waals surface area contributed by atoms with Crippen LogP contribution in [0.3, 0.4) is 0 Å². The van der Waals surface area contributed by atoms with Gasteiger partial charge in [0.2, 0.25) is 0 Å².